The van der Waals surface area contributed by atoms with Crippen LogP contribution >= 0.6 is 0 Å². The Bertz CT molecular complexity index is 1150. The number of hydrogen-bond donors (Lipinski definition) is 0. The van der Waals surface area contributed by atoms with Crippen molar-refractivity contribution < 1.29 is 9.47 Å². The van der Waals surface area contributed by atoms with E-state index in [0.29, 0.717) is 0 Å². The number of unbranched alkanes of at least 4 members (excludes halogenated alkanes) is 6. The SMILES string of the molecule is CCCCCCOc1ccc(/C=C/C2=NN(c3ccccc3)[C@@H](c3ccc(OCCCCCC)cc3)C2)cc1. The van der Waals surface area contributed by atoms with Crippen LogP contribution < -0.4 is 14.5 Å². The molecule has 4 heteroatoms. The van der Waals surface area contributed by atoms with Gasteiger partial charge in [0.25, 0.3) is 0 Å². The van der Waals surface area contributed by atoms with Crippen molar-refractivity contribution in [3.8, 4) is 11.5 Å². The molecule has 1 aliphatic heterocycles. The first-order valence-electron chi connectivity index (χ1n) is 14.8. The lowest BCUT2D eigenvalue weighted by atomic mass is 10.0. The minimum atomic E-state index is 0.147. The molecule has 1 atom stereocenters. The molecule has 0 bridgehead atoms. The molecule has 0 N–H and O–H groups in total. The van der Waals surface area contributed by atoms with Gasteiger partial charge in [-0.2, -0.15) is 5.10 Å². The number of para-hydroxylation sites is 1. The van der Waals surface area contributed by atoms with Crippen LogP contribution in [0.15, 0.2) is 90.0 Å². The molecule has 4 rings (SSSR count). The summed E-state index contributed by atoms with van der Waals surface area (Å²) in [6, 6.07) is 27.5. The van der Waals surface area contributed by atoms with Gasteiger partial charge >= 0.3 is 0 Å². The topological polar surface area (TPSA) is 34.1 Å². The van der Waals surface area contributed by atoms with Gasteiger partial charge in [0.15, 0.2) is 0 Å². The molecule has 0 amide bonds. The molecular formula is C35H44N2O2. The summed E-state index contributed by atoms with van der Waals surface area (Å²) < 4.78 is 11.9. The maximum Gasteiger partial charge on any atom is 0.119 e. The maximum atomic E-state index is 5.97. The minimum Gasteiger partial charge on any atom is -0.494 e. The minimum absolute atomic E-state index is 0.147. The Morgan fingerprint density at radius 3 is 1.87 bits per heavy atom. The quantitative estimate of drug-likeness (QED) is 0.175. The molecule has 206 valence electrons. The molecular weight excluding hydrogens is 480 g/mol. The largest absolute Gasteiger partial charge is 0.494 e. The number of nitrogens with zero attached hydrogens (tertiary/aromatic N) is 2. The van der Waals surface area contributed by atoms with E-state index in [9.17, 15) is 0 Å². The summed E-state index contributed by atoms with van der Waals surface area (Å²) >= 11 is 0. The standard InChI is InChI=1S/C35H44N2O2/c1-3-5-7-12-26-38-33-22-17-29(18-23-33)16-21-31-28-35(37(36-31)32-14-10-9-11-15-32)30-19-24-34(25-20-30)39-27-13-8-6-4-2/h9-11,14-25,35H,3-8,12-13,26-28H2,1-2H3/b21-16+/t35-/m1/s1. The second kappa shape index (κ2) is 15.8. The predicted molar refractivity (Wildman–Crippen MR) is 165 cm³/mol. The van der Waals surface area contributed by atoms with Crippen LogP contribution in [-0.2, 0) is 0 Å². The molecule has 0 aliphatic carbocycles. The summed E-state index contributed by atoms with van der Waals surface area (Å²) in [5.74, 6) is 1.87. The highest BCUT2D eigenvalue weighted by molar-refractivity contribution is 6.01. The van der Waals surface area contributed by atoms with E-state index in [4.69, 9.17) is 14.6 Å². The summed E-state index contributed by atoms with van der Waals surface area (Å²) in [6.45, 7) is 6.03. The van der Waals surface area contributed by atoms with Gasteiger partial charge in [-0.3, -0.25) is 5.01 Å². The highest BCUT2D eigenvalue weighted by atomic mass is 16.5. The van der Waals surface area contributed by atoms with Crippen molar-refractivity contribution >= 4 is 17.5 Å². The van der Waals surface area contributed by atoms with Crippen LogP contribution in [-0.4, -0.2) is 18.9 Å². The predicted octanol–water partition coefficient (Wildman–Crippen LogP) is 9.63. The van der Waals surface area contributed by atoms with E-state index in [1.165, 1.54) is 44.1 Å². The van der Waals surface area contributed by atoms with Crippen LogP contribution in [0.4, 0.5) is 5.69 Å². The van der Waals surface area contributed by atoms with Gasteiger partial charge in [0.05, 0.1) is 30.7 Å². The van der Waals surface area contributed by atoms with Gasteiger partial charge in [-0.25, -0.2) is 0 Å². The van der Waals surface area contributed by atoms with Crippen molar-refractivity contribution in [2.45, 2.75) is 77.7 Å². The van der Waals surface area contributed by atoms with Crippen molar-refractivity contribution in [2.75, 3.05) is 18.2 Å². The van der Waals surface area contributed by atoms with Crippen molar-refractivity contribution in [3.05, 3.63) is 96.1 Å². The highest BCUT2D eigenvalue weighted by Crippen LogP contribution is 2.36. The van der Waals surface area contributed by atoms with E-state index in [1.54, 1.807) is 0 Å². The molecule has 3 aromatic carbocycles. The molecule has 0 radical (unpaired) electrons. The monoisotopic (exact) mass is 524 g/mol. The second-order valence-electron chi connectivity index (χ2n) is 10.3. The molecule has 4 nitrogen and oxygen atoms in total. The fourth-order valence-corrected chi connectivity index (χ4v) is 4.80. The van der Waals surface area contributed by atoms with E-state index < -0.39 is 0 Å². The number of hydrogen-bond acceptors (Lipinski definition) is 4. The number of rotatable bonds is 16. The first-order valence-corrected chi connectivity index (χ1v) is 14.8. The van der Waals surface area contributed by atoms with Gasteiger partial charge in [0.2, 0.25) is 0 Å². The van der Waals surface area contributed by atoms with E-state index in [0.717, 1.165) is 60.9 Å². The normalized spacial score (nSPS) is 15.1. The Balaban J connectivity index is 1.38. The molecule has 39 heavy (non-hydrogen) atoms. The number of benzene rings is 3. The zero-order chi connectivity index (χ0) is 27.1. The molecule has 0 unspecified atom stereocenters. The molecule has 0 fully saturated rings. The van der Waals surface area contributed by atoms with Crippen molar-refractivity contribution in [3.63, 3.8) is 0 Å². The number of allylic oxidation sites excluding steroid dienone is 1. The molecule has 0 saturated heterocycles. The van der Waals surface area contributed by atoms with Crippen LogP contribution in [0.3, 0.4) is 0 Å². The Morgan fingerprint density at radius 2 is 1.28 bits per heavy atom. The fourth-order valence-electron chi connectivity index (χ4n) is 4.80. The summed E-state index contributed by atoms with van der Waals surface area (Å²) in [5, 5.41) is 7.17. The summed E-state index contributed by atoms with van der Waals surface area (Å²) in [4.78, 5) is 0. The molecule has 1 aliphatic rings. The van der Waals surface area contributed by atoms with Gasteiger partial charge < -0.3 is 9.47 Å². The van der Waals surface area contributed by atoms with Crippen molar-refractivity contribution in [2.24, 2.45) is 5.10 Å². The Hall–Kier alpha value is -3.53. The van der Waals surface area contributed by atoms with Crippen LogP contribution in [0.5, 0.6) is 11.5 Å². The summed E-state index contributed by atoms with van der Waals surface area (Å²) in [6.07, 6.45) is 14.9. The zero-order valence-corrected chi connectivity index (χ0v) is 23.7. The zero-order valence-electron chi connectivity index (χ0n) is 23.7. The first-order chi connectivity index (χ1) is 19.3. The van der Waals surface area contributed by atoms with E-state index in [1.807, 2.05) is 6.07 Å². The van der Waals surface area contributed by atoms with Gasteiger partial charge in [0.1, 0.15) is 11.5 Å². The molecule has 3 aromatic rings. The van der Waals surface area contributed by atoms with Crippen LogP contribution in [0.2, 0.25) is 0 Å². The van der Waals surface area contributed by atoms with Crippen LogP contribution in [0.1, 0.15) is 88.8 Å². The number of anilines is 1. The van der Waals surface area contributed by atoms with Gasteiger partial charge in [0, 0.05) is 6.42 Å². The summed E-state index contributed by atoms with van der Waals surface area (Å²) in [7, 11) is 0. The third kappa shape index (κ3) is 9.02. The molecule has 0 aromatic heterocycles. The number of hydrazone groups is 1. The summed E-state index contributed by atoms with van der Waals surface area (Å²) in [5.41, 5.74) is 4.55. The maximum absolute atomic E-state index is 5.97. The lowest BCUT2D eigenvalue weighted by molar-refractivity contribution is 0.305. The molecule has 1 heterocycles. The fraction of sp³-hybridized carbons (Fsp3) is 0.400. The highest BCUT2D eigenvalue weighted by Gasteiger charge is 2.28. The van der Waals surface area contributed by atoms with Crippen molar-refractivity contribution in [1.29, 1.82) is 0 Å². The van der Waals surface area contributed by atoms with Gasteiger partial charge in [-0.15, -0.1) is 0 Å². The van der Waals surface area contributed by atoms with Crippen LogP contribution in [0.25, 0.3) is 6.08 Å². The number of ether oxygens (including phenoxy) is 2. The van der Waals surface area contributed by atoms with Crippen LogP contribution in [0, 0.1) is 0 Å². The third-order valence-corrected chi connectivity index (χ3v) is 7.10. The molecule has 0 spiro atoms. The van der Waals surface area contributed by atoms with Gasteiger partial charge in [-0.1, -0.05) is 101 Å². The average molecular weight is 525 g/mol. The van der Waals surface area contributed by atoms with E-state index in [-0.39, 0.29) is 6.04 Å². The van der Waals surface area contributed by atoms with Gasteiger partial charge in [-0.05, 0) is 66.4 Å². The van der Waals surface area contributed by atoms with Crippen molar-refractivity contribution in [1.82, 2.24) is 0 Å². The van der Waals surface area contributed by atoms with E-state index >= 15 is 0 Å². The third-order valence-electron chi connectivity index (χ3n) is 7.10. The lowest BCUT2D eigenvalue weighted by Gasteiger charge is -2.24. The molecule has 0 saturated carbocycles. The average Bonchev–Trinajstić information content (AvgIpc) is 3.42. The van der Waals surface area contributed by atoms with E-state index in [2.05, 4.69) is 104 Å². The Labute approximate surface area is 235 Å². The Kier molecular flexibility index (Phi) is 11.5. The smallest absolute Gasteiger partial charge is 0.119 e. The Morgan fingerprint density at radius 1 is 0.692 bits per heavy atom. The first kappa shape index (κ1) is 28.5. The lowest BCUT2D eigenvalue weighted by Crippen LogP contribution is -2.18. The second-order valence-corrected chi connectivity index (χ2v) is 10.3.